The molecule has 22 heavy (non-hydrogen) atoms. The van der Waals surface area contributed by atoms with Crippen molar-refractivity contribution in [1.82, 2.24) is 4.98 Å². The highest BCUT2D eigenvalue weighted by atomic mass is 35.5. The third-order valence-electron chi connectivity index (χ3n) is 3.12. The van der Waals surface area contributed by atoms with Crippen LogP contribution in [0.3, 0.4) is 0 Å². The molecule has 0 fully saturated rings. The Morgan fingerprint density at radius 2 is 2.14 bits per heavy atom. The fourth-order valence-corrected chi connectivity index (χ4v) is 3.77. The van der Waals surface area contributed by atoms with Crippen molar-refractivity contribution in [2.45, 2.75) is 4.90 Å². The number of phenolic OH excluding ortho intramolecular Hbond substituents is 1. The number of hydrogen-bond donors (Lipinski definition) is 3. The lowest BCUT2D eigenvalue weighted by Crippen LogP contribution is -2.23. The number of thiazole rings is 1. The molecule has 0 bridgehead atoms. The lowest BCUT2D eigenvalue weighted by molar-refractivity contribution is 0.476. The Hall–Kier alpha value is -1.96. The first-order valence-electron chi connectivity index (χ1n) is 6.34. The van der Waals surface area contributed by atoms with E-state index in [0.29, 0.717) is 16.7 Å². The van der Waals surface area contributed by atoms with E-state index in [4.69, 9.17) is 11.6 Å². The summed E-state index contributed by atoms with van der Waals surface area (Å²) >= 11 is 8.78. The molecule has 3 aromatic rings. The van der Waals surface area contributed by atoms with Crippen LogP contribution in [0, 0.1) is 0 Å². The molecule has 0 atom stereocenters. The quantitative estimate of drug-likeness (QED) is 0.444. The third-order valence-corrected chi connectivity index (χ3v) is 4.94. The zero-order valence-electron chi connectivity index (χ0n) is 11.0. The fraction of sp³-hybridized carbons (Fsp3) is 0. The van der Waals surface area contributed by atoms with E-state index < -0.39 is 0 Å². The van der Waals surface area contributed by atoms with Crippen molar-refractivity contribution in [3.8, 4) is 5.75 Å². The van der Waals surface area contributed by atoms with Crippen molar-refractivity contribution in [2.24, 2.45) is 4.40 Å². The van der Waals surface area contributed by atoms with Gasteiger partial charge in [0.2, 0.25) is 5.96 Å². The maximum absolute atomic E-state index is 9.98. The molecule has 0 aliphatic carbocycles. The average molecular weight is 349 g/mol. The van der Waals surface area contributed by atoms with Crippen LogP contribution in [0.5, 0.6) is 5.75 Å². The van der Waals surface area contributed by atoms with Crippen LogP contribution in [0.4, 0.5) is 11.4 Å². The van der Waals surface area contributed by atoms with E-state index in [2.05, 4.69) is 20.0 Å². The van der Waals surface area contributed by atoms with E-state index in [0.717, 1.165) is 20.8 Å². The Balaban J connectivity index is 1.60. The highest BCUT2D eigenvalue weighted by Gasteiger charge is 2.17. The maximum atomic E-state index is 9.98. The Morgan fingerprint density at radius 1 is 1.23 bits per heavy atom. The van der Waals surface area contributed by atoms with E-state index in [-0.39, 0.29) is 5.75 Å². The van der Waals surface area contributed by atoms with Crippen LogP contribution in [-0.2, 0) is 0 Å². The van der Waals surface area contributed by atoms with Gasteiger partial charge in [0.25, 0.3) is 0 Å². The van der Waals surface area contributed by atoms with Gasteiger partial charge in [0.05, 0.1) is 26.3 Å². The lowest BCUT2D eigenvalue weighted by atomic mass is 10.3. The zero-order valence-corrected chi connectivity index (χ0v) is 13.4. The number of fused-ring (bicyclic) bond motifs is 2. The van der Waals surface area contributed by atoms with Crippen molar-refractivity contribution in [3.63, 3.8) is 0 Å². The Kier molecular flexibility index (Phi) is 3.33. The van der Waals surface area contributed by atoms with Gasteiger partial charge in [-0.15, -0.1) is 11.3 Å². The minimum absolute atomic E-state index is 0.0964. The second-order valence-electron chi connectivity index (χ2n) is 4.61. The number of rotatable bonds is 1. The van der Waals surface area contributed by atoms with Crippen LogP contribution in [0.1, 0.15) is 0 Å². The van der Waals surface area contributed by atoms with E-state index >= 15 is 0 Å². The van der Waals surface area contributed by atoms with Gasteiger partial charge in [0.1, 0.15) is 5.75 Å². The van der Waals surface area contributed by atoms with E-state index in [1.54, 1.807) is 17.4 Å². The summed E-state index contributed by atoms with van der Waals surface area (Å²) in [6.45, 7) is 0. The second-order valence-corrected chi connectivity index (χ2v) is 6.74. The number of nitrogens with zero attached hydrogens (tertiary/aromatic N) is 2. The molecule has 5 nitrogen and oxygen atoms in total. The van der Waals surface area contributed by atoms with E-state index in [9.17, 15) is 5.11 Å². The predicted molar refractivity (Wildman–Crippen MR) is 93.3 cm³/mol. The molecule has 1 aliphatic heterocycles. The predicted octanol–water partition coefficient (Wildman–Crippen LogP) is 4.56. The highest BCUT2D eigenvalue weighted by Crippen LogP contribution is 2.40. The summed E-state index contributed by atoms with van der Waals surface area (Å²) in [5.41, 5.74) is 4.23. The molecule has 1 aromatic heterocycles. The Morgan fingerprint density at radius 3 is 3.05 bits per heavy atom. The van der Waals surface area contributed by atoms with E-state index in [1.807, 2.05) is 23.7 Å². The molecule has 0 spiro atoms. The zero-order chi connectivity index (χ0) is 15.1. The number of anilines is 2. The molecule has 0 radical (unpaired) electrons. The minimum Gasteiger partial charge on any atom is -0.506 e. The number of guanidine groups is 1. The molecule has 4 rings (SSSR count). The van der Waals surface area contributed by atoms with Gasteiger partial charge >= 0.3 is 0 Å². The average Bonchev–Trinajstić information content (AvgIpc) is 2.95. The van der Waals surface area contributed by atoms with Gasteiger partial charge < -0.3 is 15.7 Å². The summed E-state index contributed by atoms with van der Waals surface area (Å²) in [6, 6.07) is 9.19. The summed E-state index contributed by atoms with van der Waals surface area (Å²) in [5.74, 6) is 0.642. The number of aromatic nitrogens is 1. The van der Waals surface area contributed by atoms with Gasteiger partial charge in [-0.05, 0) is 24.3 Å². The van der Waals surface area contributed by atoms with Gasteiger partial charge in [-0.1, -0.05) is 11.6 Å². The van der Waals surface area contributed by atoms with Crippen molar-refractivity contribution >= 4 is 62.4 Å². The molecule has 0 unspecified atom stereocenters. The molecule has 0 saturated heterocycles. The van der Waals surface area contributed by atoms with Gasteiger partial charge in [-0.2, -0.15) is 4.40 Å². The molecule has 1 aliphatic rings. The first kappa shape index (κ1) is 13.7. The third kappa shape index (κ3) is 2.47. The molecular weight excluding hydrogens is 340 g/mol. The Bertz CT molecular complexity index is 909. The first-order chi connectivity index (χ1) is 10.7. The smallest absolute Gasteiger partial charge is 0.212 e. The number of phenols is 1. The van der Waals surface area contributed by atoms with Crippen LogP contribution < -0.4 is 10.6 Å². The molecule has 3 N–H and O–H groups in total. The minimum atomic E-state index is 0.0964. The topological polar surface area (TPSA) is 69.5 Å². The molecule has 0 amide bonds. The van der Waals surface area contributed by atoms with Crippen LogP contribution in [-0.4, -0.2) is 16.1 Å². The highest BCUT2D eigenvalue weighted by molar-refractivity contribution is 7.98. The molecule has 0 saturated carbocycles. The molecule has 2 aromatic carbocycles. The van der Waals surface area contributed by atoms with Crippen LogP contribution in [0.2, 0.25) is 5.02 Å². The normalized spacial score (nSPS) is 13.4. The lowest BCUT2D eigenvalue weighted by Gasteiger charge is -2.19. The summed E-state index contributed by atoms with van der Waals surface area (Å²) < 4.78 is 5.47. The summed E-state index contributed by atoms with van der Waals surface area (Å²) in [6.07, 6.45) is 0. The van der Waals surface area contributed by atoms with Crippen molar-refractivity contribution < 1.29 is 5.11 Å². The summed E-state index contributed by atoms with van der Waals surface area (Å²) in [5, 5.41) is 16.7. The maximum Gasteiger partial charge on any atom is 0.212 e. The number of nitrogens with one attached hydrogen (secondary N) is 2. The largest absolute Gasteiger partial charge is 0.506 e. The van der Waals surface area contributed by atoms with Crippen molar-refractivity contribution in [2.75, 3.05) is 10.6 Å². The molecule has 8 heteroatoms. The number of benzene rings is 2. The first-order valence-corrected chi connectivity index (χ1v) is 8.37. The van der Waals surface area contributed by atoms with Gasteiger partial charge in [0.15, 0.2) is 0 Å². The monoisotopic (exact) mass is 348 g/mol. The molecular formula is C14H9ClN4OS2. The van der Waals surface area contributed by atoms with Crippen molar-refractivity contribution in [1.29, 1.82) is 0 Å². The number of halogens is 1. The van der Waals surface area contributed by atoms with Crippen LogP contribution >= 0.6 is 34.9 Å². The summed E-state index contributed by atoms with van der Waals surface area (Å²) in [7, 11) is 0. The molecule has 110 valence electrons. The van der Waals surface area contributed by atoms with Gasteiger partial charge in [0, 0.05) is 28.7 Å². The Labute approximate surface area is 139 Å². The second kappa shape index (κ2) is 5.35. The van der Waals surface area contributed by atoms with Crippen LogP contribution in [0.15, 0.2) is 45.1 Å². The fourth-order valence-electron chi connectivity index (χ4n) is 2.13. The number of aromatic hydroxyl groups is 1. The molecule has 2 heterocycles. The SMILES string of the molecule is Oc1cc(Cl)cc2c1NC(Nc1ccc3scnc3c1)=NS2. The summed E-state index contributed by atoms with van der Waals surface area (Å²) in [4.78, 5) is 5.07. The van der Waals surface area contributed by atoms with E-state index in [1.165, 1.54) is 18.0 Å². The van der Waals surface area contributed by atoms with Gasteiger partial charge in [-0.3, -0.25) is 0 Å². The van der Waals surface area contributed by atoms with Crippen LogP contribution in [0.25, 0.3) is 10.2 Å². The van der Waals surface area contributed by atoms with Crippen molar-refractivity contribution in [3.05, 3.63) is 40.9 Å². The standard InChI is InChI=1S/C14H9ClN4OS2/c15-7-3-10(20)13-12(4-7)22-19-14(18-13)17-8-1-2-11-9(5-8)16-6-21-11/h1-6,20H,(H2,17,18,19). The van der Waals surface area contributed by atoms with Gasteiger partial charge in [-0.25, -0.2) is 4.98 Å². The number of hydrogen-bond acceptors (Lipinski definition) is 7.